The quantitative estimate of drug-likeness (QED) is 0.517. The van der Waals surface area contributed by atoms with Crippen molar-refractivity contribution in [3.63, 3.8) is 0 Å². The van der Waals surface area contributed by atoms with Gasteiger partial charge in [0.05, 0.1) is 12.0 Å². The average Bonchev–Trinajstić information content (AvgIpc) is 3.37. The molecule has 0 spiro atoms. The molecule has 184 valence electrons. The molecule has 3 N–H and O–H groups in total. The first-order chi connectivity index (χ1) is 16.9. The smallest absolute Gasteiger partial charge is 0.407 e. The number of nitrogens with one attached hydrogen (secondary N) is 2. The van der Waals surface area contributed by atoms with Gasteiger partial charge < -0.3 is 20.5 Å². The van der Waals surface area contributed by atoms with Crippen LogP contribution in [0.15, 0.2) is 48.5 Å². The minimum absolute atomic E-state index is 0.00574. The van der Waals surface area contributed by atoms with Gasteiger partial charge in [-0.3, -0.25) is 9.59 Å². The molecule has 2 atom stereocenters. The zero-order valence-electron chi connectivity index (χ0n) is 19.8. The van der Waals surface area contributed by atoms with Crippen molar-refractivity contribution in [3.8, 4) is 11.1 Å². The van der Waals surface area contributed by atoms with Crippen LogP contribution in [-0.2, 0) is 14.3 Å². The number of benzene rings is 2. The standard InChI is InChI=1S/C28H32N2O5/c31-25(30-28(13-6-14-28)16-26(32)33)15-18-7-5-12-24(18)29-27(34)35-17-23-21-10-3-1-8-19(21)20-9-2-4-11-22(20)23/h1-4,8-11,18,23-24H,5-7,12-17H2,(H,29,34)(H,30,31)(H,32,33). The zero-order valence-corrected chi connectivity index (χ0v) is 19.8. The van der Waals surface area contributed by atoms with Crippen LogP contribution in [0.5, 0.6) is 0 Å². The monoisotopic (exact) mass is 476 g/mol. The SMILES string of the molecule is O=C(O)CC1(NC(=O)CC2CCCC2NC(=O)OCC2c3ccccc3-c3ccccc32)CCC1. The number of rotatable bonds is 8. The van der Waals surface area contributed by atoms with E-state index in [-0.39, 0.29) is 43.2 Å². The number of fused-ring (bicyclic) bond motifs is 3. The fourth-order valence-corrected chi connectivity index (χ4v) is 6.09. The van der Waals surface area contributed by atoms with Crippen molar-refractivity contribution in [3.05, 3.63) is 59.7 Å². The molecule has 35 heavy (non-hydrogen) atoms. The summed E-state index contributed by atoms with van der Waals surface area (Å²) in [7, 11) is 0. The number of hydrogen-bond acceptors (Lipinski definition) is 4. The van der Waals surface area contributed by atoms with E-state index >= 15 is 0 Å². The third-order valence-corrected chi connectivity index (χ3v) is 7.96. The van der Waals surface area contributed by atoms with Gasteiger partial charge in [-0.2, -0.15) is 0 Å². The van der Waals surface area contributed by atoms with Gasteiger partial charge in [-0.1, -0.05) is 55.0 Å². The first kappa shape index (κ1) is 23.4. The van der Waals surface area contributed by atoms with Gasteiger partial charge in [0.1, 0.15) is 6.61 Å². The second kappa shape index (κ2) is 9.72. The lowest BCUT2D eigenvalue weighted by Gasteiger charge is -2.41. The Balaban J connectivity index is 1.15. The van der Waals surface area contributed by atoms with Crippen LogP contribution in [0.4, 0.5) is 4.79 Å². The van der Waals surface area contributed by atoms with Crippen LogP contribution in [0.1, 0.15) is 68.4 Å². The maximum Gasteiger partial charge on any atom is 0.407 e. The molecule has 0 heterocycles. The summed E-state index contributed by atoms with van der Waals surface area (Å²) in [6.07, 6.45) is 4.74. The fraction of sp³-hybridized carbons (Fsp3) is 0.464. The summed E-state index contributed by atoms with van der Waals surface area (Å²) in [6.45, 7) is 0.259. The predicted molar refractivity (Wildman–Crippen MR) is 131 cm³/mol. The van der Waals surface area contributed by atoms with E-state index in [9.17, 15) is 19.5 Å². The molecule has 3 aliphatic rings. The molecule has 7 nitrogen and oxygen atoms in total. The van der Waals surface area contributed by atoms with E-state index in [2.05, 4.69) is 34.9 Å². The summed E-state index contributed by atoms with van der Waals surface area (Å²) in [5.74, 6) is -0.985. The highest BCUT2D eigenvalue weighted by Crippen LogP contribution is 2.44. The minimum atomic E-state index is -0.888. The van der Waals surface area contributed by atoms with E-state index in [1.165, 1.54) is 22.3 Å². The maximum absolute atomic E-state index is 12.7. The lowest BCUT2D eigenvalue weighted by molar-refractivity contribution is -0.140. The van der Waals surface area contributed by atoms with E-state index in [0.717, 1.165) is 25.7 Å². The lowest BCUT2D eigenvalue weighted by Crippen LogP contribution is -2.55. The largest absolute Gasteiger partial charge is 0.481 e. The molecule has 0 radical (unpaired) electrons. The van der Waals surface area contributed by atoms with Crippen molar-refractivity contribution in [2.45, 2.75) is 68.9 Å². The van der Waals surface area contributed by atoms with Crippen molar-refractivity contribution in [1.82, 2.24) is 10.6 Å². The van der Waals surface area contributed by atoms with E-state index < -0.39 is 17.6 Å². The highest BCUT2D eigenvalue weighted by molar-refractivity contribution is 5.80. The van der Waals surface area contributed by atoms with Crippen LogP contribution in [0, 0.1) is 5.92 Å². The predicted octanol–water partition coefficient (Wildman–Crippen LogP) is 4.60. The van der Waals surface area contributed by atoms with E-state index in [1.807, 2.05) is 24.3 Å². The molecule has 0 bridgehead atoms. The zero-order chi connectivity index (χ0) is 24.4. The number of alkyl carbamates (subject to hydrolysis) is 1. The minimum Gasteiger partial charge on any atom is -0.481 e. The maximum atomic E-state index is 12.7. The first-order valence-corrected chi connectivity index (χ1v) is 12.6. The average molecular weight is 477 g/mol. The van der Waals surface area contributed by atoms with Gasteiger partial charge in [0, 0.05) is 18.4 Å². The van der Waals surface area contributed by atoms with Gasteiger partial charge >= 0.3 is 12.1 Å². The molecular weight excluding hydrogens is 444 g/mol. The summed E-state index contributed by atoms with van der Waals surface area (Å²) in [5.41, 5.74) is 4.11. The van der Waals surface area contributed by atoms with Crippen LogP contribution in [0.25, 0.3) is 11.1 Å². The Morgan fingerprint density at radius 3 is 2.20 bits per heavy atom. The van der Waals surface area contributed by atoms with E-state index in [4.69, 9.17) is 4.74 Å². The van der Waals surface area contributed by atoms with Crippen molar-refractivity contribution in [2.75, 3.05) is 6.61 Å². The van der Waals surface area contributed by atoms with Gasteiger partial charge in [0.15, 0.2) is 0 Å². The Morgan fingerprint density at radius 1 is 0.943 bits per heavy atom. The Labute approximate surface area is 205 Å². The Morgan fingerprint density at radius 2 is 1.60 bits per heavy atom. The van der Waals surface area contributed by atoms with Gasteiger partial charge in [0.2, 0.25) is 5.91 Å². The molecule has 7 heteroatoms. The number of hydrogen-bond donors (Lipinski definition) is 3. The number of carbonyl (C=O) groups is 3. The number of ether oxygens (including phenoxy) is 1. The first-order valence-electron chi connectivity index (χ1n) is 12.6. The van der Waals surface area contributed by atoms with Gasteiger partial charge in [-0.05, 0) is 60.3 Å². The number of amides is 2. The summed E-state index contributed by atoms with van der Waals surface area (Å²) in [6, 6.07) is 16.3. The lowest BCUT2D eigenvalue weighted by atomic mass is 9.74. The molecule has 3 aliphatic carbocycles. The molecule has 5 rings (SSSR count). The molecule has 0 saturated heterocycles. The van der Waals surface area contributed by atoms with Crippen LogP contribution < -0.4 is 10.6 Å². The topological polar surface area (TPSA) is 105 Å². The van der Waals surface area contributed by atoms with Crippen LogP contribution in [-0.4, -0.2) is 41.3 Å². The van der Waals surface area contributed by atoms with Crippen molar-refractivity contribution in [1.29, 1.82) is 0 Å². The summed E-state index contributed by atoms with van der Waals surface area (Å²) in [5, 5.41) is 15.2. The highest BCUT2D eigenvalue weighted by atomic mass is 16.5. The summed E-state index contributed by atoms with van der Waals surface area (Å²) >= 11 is 0. The fourth-order valence-electron chi connectivity index (χ4n) is 6.09. The Bertz CT molecular complexity index is 1080. The number of aliphatic carboxylic acids is 1. The molecule has 0 aromatic heterocycles. The van der Waals surface area contributed by atoms with E-state index in [1.54, 1.807) is 0 Å². The number of carboxylic acid groups (broad SMARTS) is 1. The third kappa shape index (κ3) is 4.90. The summed E-state index contributed by atoms with van der Waals surface area (Å²) in [4.78, 5) is 36.6. The van der Waals surface area contributed by atoms with Gasteiger partial charge in [-0.15, -0.1) is 0 Å². The van der Waals surface area contributed by atoms with Crippen molar-refractivity contribution >= 4 is 18.0 Å². The Hall–Kier alpha value is -3.35. The van der Waals surface area contributed by atoms with Crippen LogP contribution in [0.3, 0.4) is 0 Å². The molecule has 2 aromatic carbocycles. The molecule has 2 saturated carbocycles. The Kier molecular flexibility index (Phi) is 6.50. The van der Waals surface area contributed by atoms with Crippen LogP contribution >= 0.6 is 0 Å². The molecular formula is C28H32N2O5. The van der Waals surface area contributed by atoms with Gasteiger partial charge in [-0.25, -0.2) is 4.79 Å². The van der Waals surface area contributed by atoms with Crippen molar-refractivity contribution in [2.24, 2.45) is 5.92 Å². The van der Waals surface area contributed by atoms with Gasteiger partial charge in [0.25, 0.3) is 0 Å². The highest BCUT2D eigenvalue weighted by Gasteiger charge is 2.41. The normalized spacial score (nSPS) is 21.9. The molecule has 2 unspecified atom stereocenters. The molecule has 2 fully saturated rings. The number of carbonyl (C=O) groups excluding carboxylic acids is 2. The number of carboxylic acids is 1. The van der Waals surface area contributed by atoms with Crippen molar-refractivity contribution < 1.29 is 24.2 Å². The van der Waals surface area contributed by atoms with Crippen LogP contribution in [0.2, 0.25) is 0 Å². The third-order valence-electron chi connectivity index (χ3n) is 7.96. The molecule has 2 amide bonds. The summed E-state index contributed by atoms with van der Waals surface area (Å²) < 4.78 is 5.69. The van der Waals surface area contributed by atoms with E-state index in [0.29, 0.717) is 12.8 Å². The molecule has 0 aliphatic heterocycles. The molecule has 2 aromatic rings. The second-order valence-corrected chi connectivity index (χ2v) is 10.2. The second-order valence-electron chi connectivity index (χ2n) is 10.2.